The third-order valence-electron chi connectivity index (χ3n) is 4.33. The number of imidazole rings is 1. The van der Waals surface area contributed by atoms with Crippen LogP contribution in [0.15, 0.2) is 22.7 Å². The lowest BCUT2D eigenvalue weighted by molar-refractivity contribution is 0.344. The van der Waals surface area contributed by atoms with Gasteiger partial charge in [-0.15, -0.1) is 0 Å². The summed E-state index contributed by atoms with van der Waals surface area (Å²) in [7, 11) is 0. The van der Waals surface area contributed by atoms with Crippen molar-refractivity contribution in [1.29, 1.82) is 0 Å². The van der Waals surface area contributed by atoms with Gasteiger partial charge in [-0.25, -0.2) is 4.98 Å². The molecule has 2 N–H and O–H groups in total. The van der Waals surface area contributed by atoms with Gasteiger partial charge in [0.2, 0.25) is 5.95 Å². The van der Waals surface area contributed by atoms with Gasteiger partial charge in [0, 0.05) is 10.5 Å². The molecule has 19 heavy (non-hydrogen) atoms. The van der Waals surface area contributed by atoms with E-state index in [1.807, 2.05) is 12.1 Å². The van der Waals surface area contributed by atoms with Crippen LogP contribution in [-0.2, 0) is 0 Å². The first-order valence-corrected chi connectivity index (χ1v) is 7.89. The van der Waals surface area contributed by atoms with E-state index in [0.29, 0.717) is 17.9 Å². The molecule has 0 radical (unpaired) electrons. The van der Waals surface area contributed by atoms with Crippen molar-refractivity contribution >= 4 is 32.9 Å². The van der Waals surface area contributed by atoms with Crippen LogP contribution in [0.1, 0.15) is 45.1 Å². The quantitative estimate of drug-likeness (QED) is 0.784. The summed E-state index contributed by atoms with van der Waals surface area (Å²) in [4.78, 5) is 4.51. The molecular formula is C15H20BrN3. The molecule has 1 aromatic heterocycles. The minimum absolute atomic E-state index is 0.488. The van der Waals surface area contributed by atoms with Crippen LogP contribution in [0.4, 0.5) is 5.95 Å². The highest BCUT2D eigenvalue weighted by molar-refractivity contribution is 9.10. The summed E-state index contributed by atoms with van der Waals surface area (Å²) in [5.74, 6) is 1.33. The Morgan fingerprint density at radius 1 is 1.26 bits per heavy atom. The van der Waals surface area contributed by atoms with E-state index in [9.17, 15) is 0 Å². The summed E-state index contributed by atoms with van der Waals surface area (Å²) < 4.78 is 3.35. The number of fused-ring (bicyclic) bond motifs is 1. The molecule has 1 saturated carbocycles. The van der Waals surface area contributed by atoms with Gasteiger partial charge in [-0.3, -0.25) is 0 Å². The Kier molecular flexibility index (Phi) is 3.52. The lowest BCUT2D eigenvalue weighted by Crippen LogP contribution is -2.18. The summed E-state index contributed by atoms with van der Waals surface area (Å²) in [6.07, 6.45) is 6.48. The maximum Gasteiger partial charge on any atom is 0.201 e. The van der Waals surface area contributed by atoms with Crippen molar-refractivity contribution in [2.45, 2.75) is 45.1 Å². The molecule has 0 amide bonds. The summed E-state index contributed by atoms with van der Waals surface area (Å²) in [6, 6.07) is 6.68. The number of benzene rings is 1. The zero-order valence-electron chi connectivity index (χ0n) is 11.3. The fourth-order valence-corrected chi connectivity index (χ4v) is 3.64. The lowest BCUT2D eigenvalue weighted by atomic mass is 9.96. The zero-order valence-corrected chi connectivity index (χ0v) is 12.9. The summed E-state index contributed by atoms with van der Waals surface area (Å²) in [5, 5.41) is 0. The largest absolute Gasteiger partial charge is 0.369 e. The number of nitrogens with two attached hydrogens (primary N) is 1. The van der Waals surface area contributed by atoms with Crippen molar-refractivity contribution in [3.63, 3.8) is 0 Å². The van der Waals surface area contributed by atoms with Crippen LogP contribution in [0.2, 0.25) is 0 Å². The Labute approximate surface area is 122 Å². The number of nitrogen functional groups attached to an aromatic ring is 1. The molecule has 0 bridgehead atoms. The molecule has 2 atom stereocenters. The number of hydrogen-bond acceptors (Lipinski definition) is 2. The van der Waals surface area contributed by atoms with Crippen molar-refractivity contribution in [1.82, 2.24) is 9.55 Å². The third-order valence-corrected chi connectivity index (χ3v) is 4.82. The van der Waals surface area contributed by atoms with Crippen molar-refractivity contribution in [2.75, 3.05) is 5.73 Å². The van der Waals surface area contributed by atoms with Gasteiger partial charge in [0.15, 0.2) is 0 Å². The number of hydrogen-bond donors (Lipinski definition) is 1. The topological polar surface area (TPSA) is 43.8 Å². The second kappa shape index (κ2) is 5.16. The standard InChI is InChI=1S/C15H20BrN3/c1-10-5-3-2-4-6-13(10)19-14-9-11(16)7-8-12(14)18-15(19)17/h7-10,13H,2-6H2,1H3,(H2,17,18). The van der Waals surface area contributed by atoms with Crippen LogP contribution in [-0.4, -0.2) is 9.55 Å². The van der Waals surface area contributed by atoms with E-state index in [2.05, 4.69) is 38.5 Å². The molecule has 2 unspecified atom stereocenters. The highest BCUT2D eigenvalue weighted by Gasteiger charge is 2.25. The maximum absolute atomic E-state index is 6.18. The minimum atomic E-state index is 0.488. The molecular weight excluding hydrogens is 302 g/mol. The summed E-state index contributed by atoms with van der Waals surface area (Å²) in [6.45, 7) is 2.35. The van der Waals surface area contributed by atoms with Gasteiger partial charge in [0.25, 0.3) is 0 Å². The van der Waals surface area contributed by atoms with Crippen LogP contribution in [0.5, 0.6) is 0 Å². The average molecular weight is 322 g/mol. The van der Waals surface area contributed by atoms with Gasteiger partial charge < -0.3 is 10.3 Å². The van der Waals surface area contributed by atoms with Gasteiger partial charge in [-0.05, 0) is 37.0 Å². The van der Waals surface area contributed by atoms with Crippen LogP contribution >= 0.6 is 15.9 Å². The highest BCUT2D eigenvalue weighted by atomic mass is 79.9. The van der Waals surface area contributed by atoms with Crippen LogP contribution in [0.25, 0.3) is 11.0 Å². The van der Waals surface area contributed by atoms with Crippen LogP contribution in [0.3, 0.4) is 0 Å². The first kappa shape index (κ1) is 13.0. The van der Waals surface area contributed by atoms with E-state index in [0.717, 1.165) is 15.5 Å². The maximum atomic E-state index is 6.18. The molecule has 102 valence electrons. The van der Waals surface area contributed by atoms with Crippen LogP contribution < -0.4 is 5.73 Å². The first-order valence-electron chi connectivity index (χ1n) is 7.10. The van der Waals surface area contributed by atoms with Crippen molar-refractivity contribution in [3.05, 3.63) is 22.7 Å². The number of anilines is 1. The highest BCUT2D eigenvalue weighted by Crippen LogP contribution is 2.36. The predicted molar refractivity (Wildman–Crippen MR) is 83.1 cm³/mol. The predicted octanol–water partition coefficient (Wildman–Crippen LogP) is 4.52. The van der Waals surface area contributed by atoms with E-state index in [1.54, 1.807) is 0 Å². The number of halogens is 1. The van der Waals surface area contributed by atoms with E-state index >= 15 is 0 Å². The molecule has 3 nitrogen and oxygen atoms in total. The van der Waals surface area contributed by atoms with Gasteiger partial charge in [0.05, 0.1) is 11.0 Å². The second-order valence-corrected chi connectivity index (χ2v) is 6.57. The summed E-state index contributed by atoms with van der Waals surface area (Å²) >= 11 is 3.55. The lowest BCUT2D eigenvalue weighted by Gasteiger charge is -2.24. The number of aromatic nitrogens is 2. The van der Waals surface area contributed by atoms with E-state index in [4.69, 9.17) is 5.73 Å². The molecule has 1 aliphatic carbocycles. The molecule has 1 aromatic carbocycles. The monoisotopic (exact) mass is 321 g/mol. The molecule has 1 fully saturated rings. The second-order valence-electron chi connectivity index (χ2n) is 5.66. The van der Waals surface area contributed by atoms with E-state index in [1.165, 1.54) is 32.1 Å². The van der Waals surface area contributed by atoms with Gasteiger partial charge in [0.1, 0.15) is 0 Å². The van der Waals surface area contributed by atoms with E-state index in [-0.39, 0.29) is 0 Å². The Bertz CT molecular complexity index is 590. The Morgan fingerprint density at radius 2 is 2.05 bits per heavy atom. The van der Waals surface area contributed by atoms with Crippen molar-refractivity contribution in [2.24, 2.45) is 5.92 Å². The third kappa shape index (κ3) is 2.38. The smallest absolute Gasteiger partial charge is 0.201 e. The van der Waals surface area contributed by atoms with Crippen LogP contribution in [0, 0.1) is 5.92 Å². The molecule has 0 aliphatic heterocycles. The number of nitrogens with zero attached hydrogens (tertiary/aromatic N) is 2. The van der Waals surface area contributed by atoms with Gasteiger partial charge in [-0.2, -0.15) is 0 Å². The molecule has 1 heterocycles. The minimum Gasteiger partial charge on any atom is -0.369 e. The Morgan fingerprint density at radius 3 is 2.89 bits per heavy atom. The average Bonchev–Trinajstić information content (AvgIpc) is 2.55. The first-order chi connectivity index (χ1) is 9.16. The normalized spacial score (nSPS) is 24.5. The van der Waals surface area contributed by atoms with Gasteiger partial charge in [-0.1, -0.05) is 42.1 Å². The summed E-state index contributed by atoms with van der Waals surface area (Å²) in [5.41, 5.74) is 8.34. The van der Waals surface area contributed by atoms with Crippen molar-refractivity contribution < 1.29 is 0 Å². The van der Waals surface area contributed by atoms with E-state index < -0.39 is 0 Å². The molecule has 4 heteroatoms. The fourth-order valence-electron chi connectivity index (χ4n) is 3.29. The SMILES string of the molecule is CC1CCCCCC1n1c(N)nc2ccc(Br)cc21. The Balaban J connectivity index is 2.12. The molecule has 3 rings (SSSR count). The molecule has 0 saturated heterocycles. The molecule has 2 aromatic rings. The van der Waals surface area contributed by atoms with Crippen molar-refractivity contribution in [3.8, 4) is 0 Å². The fraction of sp³-hybridized carbons (Fsp3) is 0.533. The number of rotatable bonds is 1. The van der Waals surface area contributed by atoms with Gasteiger partial charge >= 0.3 is 0 Å². The Hall–Kier alpha value is -1.03. The molecule has 1 aliphatic rings. The zero-order chi connectivity index (χ0) is 13.4. The molecule has 0 spiro atoms.